The fourth-order valence-electron chi connectivity index (χ4n) is 2.86. The number of aryl methyl sites for hydroxylation is 1. The van der Waals surface area contributed by atoms with Gasteiger partial charge in [-0.05, 0) is 49.4 Å². The van der Waals surface area contributed by atoms with E-state index in [0.29, 0.717) is 30.6 Å². The van der Waals surface area contributed by atoms with E-state index in [9.17, 15) is 4.79 Å². The molecule has 4 rings (SSSR count). The van der Waals surface area contributed by atoms with Crippen LogP contribution in [0.25, 0.3) is 11.5 Å². The zero-order valence-electron chi connectivity index (χ0n) is 15.6. The van der Waals surface area contributed by atoms with Gasteiger partial charge in [-0.1, -0.05) is 11.2 Å². The maximum Gasteiger partial charge on any atom is 0.322 e. The number of hydrogen-bond donors (Lipinski definition) is 1. The molecule has 0 aliphatic carbocycles. The Bertz CT molecular complexity index is 964. The molecule has 28 heavy (non-hydrogen) atoms. The zero-order valence-corrected chi connectivity index (χ0v) is 15.6. The topological polar surface area (TPSA) is 89.7 Å². The van der Waals surface area contributed by atoms with E-state index in [-0.39, 0.29) is 12.1 Å². The first-order chi connectivity index (χ1) is 13.6. The molecule has 0 spiro atoms. The van der Waals surface area contributed by atoms with Gasteiger partial charge < -0.3 is 24.2 Å². The van der Waals surface area contributed by atoms with Gasteiger partial charge in [-0.25, -0.2) is 4.79 Å². The first-order valence-electron chi connectivity index (χ1n) is 8.88. The van der Waals surface area contributed by atoms with Crippen molar-refractivity contribution in [3.8, 4) is 23.0 Å². The lowest BCUT2D eigenvalue weighted by Gasteiger charge is -2.38. The van der Waals surface area contributed by atoms with Crippen molar-refractivity contribution in [1.29, 1.82) is 0 Å². The molecule has 1 aromatic heterocycles. The quantitative estimate of drug-likeness (QED) is 0.730. The average molecular weight is 380 g/mol. The minimum Gasteiger partial charge on any atom is -0.497 e. The van der Waals surface area contributed by atoms with Crippen LogP contribution in [0.5, 0.6) is 11.5 Å². The van der Waals surface area contributed by atoms with Crippen molar-refractivity contribution in [1.82, 2.24) is 15.0 Å². The summed E-state index contributed by atoms with van der Waals surface area (Å²) in [4.78, 5) is 18.2. The van der Waals surface area contributed by atoms with Crippen LogP contribution in [0.15, 0.2) is 53.1 Å². The van der Waals surface area contributed by atoms with Gasteiger partial charge in [-0.15, -0.1) is 0 Å². The number of rotatable bonds is 5. The van der Waals surface area contributed by atoms with Crippen LogP contribution in [-0.2, 0) is 0 Å². The lowest BCUT2D eigenvalue weighted by atomic mass is 10.1. The first kappa shape index (κ1) is 17.8. The number of benzene rings is 2. The number of amides is 2. The van der Waals surface area contributed by atoms with Gasteiger partial charge in [0, 0.05) is 11.3 Å². The maximum atomic E-state index is 12.3. The smallest absolute Gasteiger partial charge is 0.322 e. The number of carbonyl (C=O) groups is 1. The summed E-state index contributed by atoms with van der Waals surface area (Å²) in [6.45, 7) is 2.81. The Morgan fingerprint density at radius 1 is 1.18 bits per heavy atom. The lowest BCUT2D eigenvalue weighted by molar-refractivity contribution is 0.0493. The Hall–Kier alpha value is -3.55. The molecule has 0 atom stereocenters. The molecule has 1 aliphatic rings. The second-order valence-electron chi connectivity index (χ2n) is 6.48. The van der Waals surface area contributed by atoms with Gasteiger partial charge in [0.1, 0.15) is 17.6 Å². The van der Waals surface area contributed by atoms with E-state index in [1.807, 2.05) is 24.3 Å². The van der Waals surface area contributed by atoms with Crippen molar-refractivity contribution in [3.05, 3.63) is 54.4 Å². The summed E-state index contributed by atoms with van der Waals surface area (Å²) in [6, 6.07) is 14.5. The SMILES string of the molecule is COc1ccc(NC(=O)N2CC(Oc3cccc(-c4nc(C)no4)c3)C2)cc1. The van der Waals surface area contributed by atoms with E-state index < -0.39 is 0 Å². The summed E-state index contributed by atoms with van der Waals surface area (Å²) in [5.74, 6) is 2.48. The Labute approximate surface area is 162 Å². The van der Waals surface area contributed by atoms with Crippen molar-refractivity contribution < 1.29 is 18.8 Å². The summed E-state index contributed by atoms with van der Waals surface area (Å²) in [7, 11) is 1.60. The molecule has 2 aromatic carbocycles. The van der Waals surface area contributed by atoms with Crippen LogP contribution >= 0.6 is 0 Å². The number of nitrogens with zero attached hydrogens (tertiary/aromatic N) is 3. The molecule has 0 unspecified atom stereocenters. The van der Waals surface area contributed by atoms with Crippen LogP contribution < -0.4 is 14.8 Å². The van der Waals surface area contributed by atoms with Crippen LogP contribution in [0.1, 0.15) is 5.82 Å². The summed E-state index contributed by atoms with van der Waals surface area (Å²) in [5.41, 5.74) is 1.52. The second-order valence-corrected chi connectivity index (χ2v) is 6.48. The highest BCUT2D eigenvalue weighted by Crippen LogP contribution is 2.25. The Morgan fingerprint density at radius 2 is 1.96 bits per heavy atom. The number of ether oxygens (including phenoxy) is 2. The molecule has 0 bridgehead atoms. The van der Waals surface area contributed by atoms with Gasteiger partial charge in [0.05, 0.1) is 20.2 Å². The predicted octanol–water partition coefficient (Wildman–Crippen LogP) is 3.35. The zero-order chi connectivity index (χ0) is 19.5. The van der Waals surface area contributed by atoms with Crippen LogP contribution in [-0.4, -0.2) is 47.4 Å². The number of methoxy groups -OCH3 is 1. The number of urea groups is 1. The van der Waals surface area contributed by atoms with E-state index in [2.05, 4.69) is 15.5 Å². The van der Waals surface area contributed by atoms with Gasteiger partial charge in [0.25, 0.3) is 5.89 Å². The molecule has 144 valence electrons. The van der Waals surface area contributed by atoms with Crippen molar-refractivity contribution in [2.24, 2.45) is 0 Å². The first-order valence-corrected chi connectivity index (χ1v) is 8.88. The summed E-state index contributed by atoms with van der Waals surface area (Å²) in [6.07, 6.45) is -0.0544. The number of likely N-dealkylation sites (tertiary alicyclic amines) is 1. The Kier molecular flexibility index (Phi) is 4.84. The van der Waals surface area contributed by atoms with Gasteiger partial charge in [-0.2, -0.15) is 4.98 Å². The monoisotopic (exact) mass is 380 g/mol. The average Bonchev–Trinajstić information content (AvgIpc) is 3.11. The molecule has 1 aliphatic heterocycles. The lowest BCUT2D eigenvalue weighted by Crippen LogP contribution is -2.57. The summed E-state index contributed by atoms with van der Waals surface area (Å²) < 4.78 is 16.2. The van der Waals surface area contributed by atoms with Crippen molar-refractivity contribution in [2.45, 2.75) is 13.0 Å². The molecule has 8 heteroatoms. The number of hydrogen-bond acceptors (Lipinski definition) is 6. The molecule has 2 heterocycles. The normalized spacial score (nSPS) is 13.7. The molecule has 2 amide bonds. The molecular formula is C20H20N4O4. The highest BCUT2D eigenvalue weighted by Gasteiger charge is 2.32. The van der Waals surface area contributed by atoms with Crippen molar-refractivity contribution in [2.75, 3.05) is 25.5 Å². The van der Waals surface area contributed by atoms with Gasteiger partial charge >= 0.3 is 6.03 Å². The Balaban J connectivity index is 1.30. The highest BCUT2D eigenvalue weighted by molar-refractivity contribution is 5.90. The van der Waals surface area contributed by atoms with Crippen LogP contribution in [0.4, 0.5) is 10.5 Å². The highest BCUT2D eigenvalue weighted by atomic mass is 16.5. The minimum absolute atomic E-state index is 0.0544. The fraction of sp³-hybridized carbons (Fsp3) is 0.250. The standard InChI is InChI=1S/C20H20N4O4/c1-13-21-19(28-23-13)14-4-3-5-17(10-14)27-18-11-24(12-18)20(25)22-15-6-8-16(26-2)9-7-15/h3-10,18H,11-12H2,1-2H3,(H,22,25). The maximum absolute atomic E-state index is 12.3. The number of aromatic nitrogens is 2. The number of carbonyl (C=O) groups excluding carboxylic acids is 1. The molecule has 1 saturated heterocycles. The van der Waals surface area contributed by atoms with E-state index in [1.165, 1.54) is 0 Å². The van der Waals surface area contributed by atoms with Crippen LogP contribution in [0.2, 0.25) is 0 Å². The summed E-state index contributed by atoms with van der Waals surface area (Å²) >= 11 is 0. The van der Waals surface area contributed by atoms with Gasteiger partial charge in [0.15, 0.2) is 5.82 Å². The van der Waals surface area contributed by atoms with Crippen molar-refractivity contribution >= 4 is 11.7 Å². The van der Waals surface area contributed by atoms with Crippen LogP contribution in [0.3, 0.4) is 0 Å². The molecule has 1 N–H and O–H groups in total. The molecule has 0 saturated carbocycles. The third kappa shape index (κ3) is 3.90. The third-order valence-electron chi connectivity index (χ3n) is 4.39. The van der Waals surface area contributed by atoms with E-state index in [1.54, 1.807) is 43.2 Å². The summed E-state index contributed by atoms with van der Waals surface area (Å²) in [5, 5.41) is 6.66. The number of nitrogens with one attached hydrogen (secondary N) is 1. The van der Waals surface area contributed by atoms with E-state index >= 15 is 0 Å². The second kappa shape index (κ2) is 7.59. The van der Waals surface area contributed by atoms with E-state index in [0.717, 1.165) is 17.0 Å². The van der Waals surface area contributed by atoms with Crippen LogP contribution in [0, 0.1) is 6.92 Å². The van der Waals surface area contributed by atoms with Crippen molar-refractivity contribution in [3.63, 3.8) is 0 Å². The number of anilines is 1. The van der Waals surface area contributed by atoms with E-state index in [4.69, 9.17) is 14.0 Å². The molecule has 0 radical (unpaired) electrons. The molecule has 1 fully saturated rings. The molecule has 3 aromatic rings. The van der Waals surface area contributed by atoms with Gasteiger partial charge in [0.2, 0.25) is 0 Å². The molecular weight excluding hydrogens is 360 g/mol. The predicted molar refractivity (Wildman–Crippen MR) is 102 cm³/mol. The van der Waals surface area contributed by atoms with Gasteiger partial charge in [-0.3, -0.25) is 0 Å². The molecule has 8 nitrogen and oxygen atoms in total. The Morgan fingerprint density at radius 3 is 2.64 bits per heavy atom. The minimum atomic E-state index is -0.153. The third-order valence-corrected chi connectivity index (χ3v) is 4.39. The fourth-order valence-corrected chi connectivity index (χ4v) is 2.86. The largest absolute Gasteiger partial charge is 0.497 e.